The standard InChI is InChI=1S/C17H23N3/c1-12(2)17-10-19-13(3)11-20(17)16-8-4-7-15-14(16)6-5-9-18-15/h4-9,12-13,17,19H,10-11H2,1-3H3. The third-order valence-electron chi connectivity index (χ3n) is 4.25. The predicted octanol–water partition coefficient (Wildman–Crippen LogP) is 3.06. The van der Waals surface area contributed by atoms with Gasteiger partial charge in [-0.25, -0.2) is 0 Å². The highest BCUT2D eigenvalue weighted by Gasteiger charge is 2.29. The third-order valence-corrected chi connectivity index (χ3v) is 4.25. The van der Waals surface area contributed by atoms with E-state index in [1.807, 2.05) is 12.3 Å². The van der Waals surface area contributed by atoms with Gasteiger partial charge in [-0.2, -0.15) is 0 Å². The van der Waals surface area contributed by atoms with Crippen molar-refractivity contribution in [1.82, 2.24) is 10.3 Å². The summed E-state index contributed by atoms with van der Waals surface area (Å²) in [6, 6.07) is 11.7. The van der Waals surface area contributed by atoms with E-state index in [2.05, 4.69) is 60.2 Å². The molecule has 1 fully saturated rings. The fraction of sp³-hybridized carbons (Fsp3) is 0.471. The largest absolute Gasteiger partial charge is 0.365 e. The summed E-state index contributed by atoms with van der Waals surface area (Å²) in [7, 11) is 0. The highest BCUT2D eigenvalue weighted by atomic mass is 15.2. The molecule has 1 aromatic heterocycles. The molecule has 1 saturated heterocycles. The molecule has 2 atom stereocenters. The van der Waals surface area contributed by atoms with Crippen LogP contribution in [0.25, 0.3) is 10.9 Å². The average molecular weight is 269 g/mol. The Morgan fingerprint density at radius 2 is 2.10 bits per heavy atom. The Kier molecular flexibility index (Phi) is 3.62. The molecular formula is C17H23N3. The van der Waals surface area contributed by atoms with Gasteiger partial charge in [0, 0.05) is 42.4 Å². The molecule has 1 N–H and O–H groups in total. The minimum absolute atomic E-state index is 0.525. The fourth-order valence-corrected chi connectivity index (χ4v) is 3.14. The van der Waals surface area contributed by atoms with E-state index in [1.54, 1.807) is 0 Å². The zero-order chi connectivity index (χ0) is 14.1. The summed E-state index contributed by atoms with van der Waals surface area (Å²) in [6.45, 7) is 8.97. The van der Waals surface area contributed by atoms with Crippen molar-refractivity contribution in [2.45, 2.75) is 32.9 Å². The van der Waals surface area contributed by atoms with Gasteiger partial charge in [0.1, 0.15) is 0 Å². The first-order valence-corrected chi connectivity index (χ1v) is 7.50. The molecule has 0 radical (unpaired) electrons. The van der Waals surface area contributed by atoms with Crippen LogP contribution in [0, 0.1) is 5.92 Å². The fourth-order valence-electron chi connectivity index (χ4n) is 3.14. The van der Waals surface area contributed by atoms with E-state index in [0.29, 0.717) is 18.0 Å². The minimum atomic E-state index is 0.525. The molecule has 3 nitrogen and oxygen atoms in total. The molecule has 3 rings (SSSR count). The lowest BCUT2D eigenvalue weighted by Gasteiger charge is -2.43. The van der Waals surface area contributed by atoms with Gasteiger partial charge in [-0.15, -0.1) is 0 Å². The Labute approximate surface area is 121 Å². The highest BCUT2D eigenvalue weighted by Crippen LogP contribution is 2.30. The van der Waals surface area contributed by atoms with Crippen LogP contribution >= 0.6 is 0 Å². The lowest BCUT2D eigenvalue weighted by molar-refractivity contribution is 0.350. The second-order valence-electron chi connectivity index (χ2n) is 6.12. The van der Waals surface area contributed by atoms with Crippen molar-refractivity contribution in [2.75, 3.05) is 18.0 Å². The van der Waals surface area contributed by atoms with Gasteiger partial charge in [0.15, 0.2) is 0 Å². The molecule has 20 heavy (non-hydrogen) atoms. The lowest BCUT2D eigenvalue weighted by Crippen LogP contribution is -2.57. The number of aromatic nitrogens is 1. The van der Waals surface area contributed by atoms with Gasteiger partial charge in [0.2, 0.25) is 0 Å². The van der Waals surface area contributed by atoms with Crippen LogP contribution in [-0.2, 0) is 0 Å². The monoisotopic (exact) mass is 269 g/mol. The molecule has 0 amide bonds. The maximum atomic E-state index is 4.48. The molecular weight excluding hydrogens is 246 g/mol. The number of hydrogen-bond donors (Lipinski definition) is 1. The molecule has 0 aliphatic carbocycles. The number of benzene rings is 1. The van der Waals surface area contributed by atoms with Crippen molar-refractivity contribution in [2.24, 2.45) is 5.92 Å². The van der Waals surface area contributed by atoms with Crippen LogP contribution in [0.5, 0.6) is 0 Å². The van der Waals surface area contributed by atoms with Gasteiger partial charge in [-0.05, 0) is 37.1 Å². The van der Waals surface area contributed by atoms with Gasteiger partial charge in [0.05, 0.1) is 5.52 Å². The van der Waals surface area contributed by atoms with E-state index < -0.39 is 0 Å². The number of pyridine rings is 1. The van der Waals surface area contributed by atoms with Crippen molar-refractivity contribution in [3.63, 3.8) is 0 Å². The van der Waals surface area contributed by atoms with Crippen molar-refractivity contribution >= 4 is 16.6 Å². The normalized spacial score (nSPS) is 23.5. The molecule has 0 saturated carbocycles. The second-order valence-corrected chi connectivity index (χ2v) is 6.12. The molecule has 2 unspecified atom stereocenters. The summed E-state index contributed by atoms with van der Waals surface area (Å²) < 4.78 is 0. The topological polar surface area (TPSA) is 28.2 Å². The smallest absolute Gasteiger partial charge is 0.0722 e. The number of fused-ring (bicyclic) bond motifs is 1. The first-order chi connectivity index (χ1) is 9.66. The molecule has 2 heterocycles. The van der Waals surface area contributed by atoms with Crippen molar-refractivity contribution < 1.29 is 0 Å². The van der Waals surface area contributed by atoms with Gasteiger partial charge < -0.3 is 10.2 Å². The van der Waals surface area contributed by atoms with Crippen LogP contribution in [0.4, 0.5) is 5.69 Å². The van der Waals surface area contributed by atoms with Crippen LogP contribution in [0.3, 0.4) is 0 Å². The van der Waals surface area contributed by atoms with Crippen molar-refractivity contribution in [3.8, 4) is 0 Å². The van der Waals surface area contributed by atoms with E-state index in [4.69, 9.17) is 0 Å². The van der Waals surface area contributed by atoms with Crippen molar-refractivity contribution in [1.29, 1.82) is 0 Å². The lowest BCUT2D eigenvalue weighted by atomic mass is 9.97. The molecule has 106 valence electrons. The van der Waals surface area contributed by atoms with E-state index in [9.17, 15) is 0 Å². The van der Waals surface area contributed by atoms with Gasteiger partial charge in [-0.3, -0.25) is 4.98 Å². The summed E-state index contributed by atoms with van der Waals surface area (Å²) >= 11 is 0. The van der Waals surface area contributed by atoms with Crippen LogP contribution < -0.4 is 10.2 Å². The van der Waals surface area contributed by atoms with Crippen molar-refractivity contribution in [3.05, 3.63) is 36.5 Å². The molecule has 1 aliphatic rings. The Hall–Kier alpha value is -1.61. The second kappa shape index (κ2) is 5.41. The predicted molar refractivity (Wildman–Crippen MR) is 85.2 cm³/mol. The molecule has 1 aliphatic heterocycles. The number of nitrogens with zero attached hydrogens (tertiary/aromatic N) is 2. The summed E-state index contributed by atoms with van der Waals surface area (Å²) in [6.07, 6.45) is 1.87. The third kappa shape index (κ3) is 2.38. The zero-order valence-corrected chi connectivity index (χ0v) is 12.5. The van der Waals surface area contributed by atoms with Crippen LogP contribution in [0.1, 0.15) is 20.8 Å². The van der Waals surface area contributed by atoms with E-state index >= 15 is 0 Å². The maximum absolute atomic E-state index is 4.48. The number of nitrogens with one attached hydrogen (secondary N) is 1. The summed E-state index contributed by atoms with van der Waals surface area (Å²) in [4.78, 5) is 7.05. The van der Waals surface area contributed by atoms with Gasteiger partial charge in [-0.1, -0.05) is 19.9 Å². The molecule has 0 spiro atoms. The quantitative estimate of drug-likeness (QED) is 0.908. The number of hydrogen-bond acceptors (Lipinski definition) is 3. The first-order valence-electron chi connectivity index (χ1n) is 7.50. The minimum Gasteiger partial charge on any atom is -0.365 e. The van der Waals surface area contributed by atoms with E-state index in [0.717, 1.165) is 18.6 Å². The maximum Gasteiger partial charge on any atom is 0.0722 e. The Balaban J connectivity index is 2.07. The number of piperazine rings is 1. The van der Waals surface area contributed by atoms with E-state index in [1.165, 1.54) is 11.1 Å². The first kappa shape index (κ1) is 13.4. The Bertz CT molecular complexity index is 588. The van der Waals surface area contributed by atoms with E-state index in [-0.39, 0.29) is 0 Å². The Morgan fingerprint density at radius 1 is 1.25 bits per heavy atom. The SMILES string of the molecule is CC1CN(c2cccc3ncccc23)C(C(C)C)CN1. The number of rotatable bonds is 2. The zero-order valence-electron chi connectivity index (χ0n) is 12.5. The van der Waals surface area contributed by atoms with Gasteiger partial charge in [0.25, 0.3) is 0 Å². The summed E-state index contributed by atoms with van der Waals surface area (Å²) in [5.74, 6) is 0.627. The van der Waals surface area contributed by atoms with Crippen LogP contribution in [-0.4, -0.2) is 30.2 Å². The molecule has 3 heteroatoms. The van der Waals surface area contributed by atoms with Crippen LogP contribution in [0.2, 0.25) is 0 Å². The molecule has 1 aromatic carbocycles. The molecule has 0 bridgehead atoms. The number of anilines is 1. The average Bonchev–Trinajstić information content (AvgIpc) is 2.46. The highest BCUT2D eigenvalue weighted by molar-refractivity contribution is 5.91. The summed E-state index contributed by atoms with van der Waals surface area (Å²) in [5.41, 5.74) is 2.40. The Morgan fingerprint density at radius 3 is 2.90 bits per heavy atom. The molecule has 2 aromatic rings. The van der Waals surface area contributed by atoms with Crippen LogP contribution in [0.15, 0.2) is 36.5 Å². The summed E-state index contributed by atoms with van der Waals surface area (Å²) in [5, 5.41) is 4.86. The van der Waals surface area contributed by atoms with Gasteiger partial charge >= 0.3 is 0 Å².